The molecule has 3 aromatic rings. The number of rotatable bonds is 16. The SMILES string of the molecule is CNCCN(CCCCC(=O)NC(CCc1ccccc1)C(=O)Nc1cccc(C(F)(F)F)c1)Cc1ccccc1. The monoisotopic (exact) mass is 568 g/mol. The lowest BCUT2D eigenvalue weighted by Gasteiger charge is -2.22. The molecule has 2 amide bonds. The van der Waals surface area contributed by atoms with Gasteiger partial charge < -0.3 is 16.0 Å². The lowest BCUT2D eigenvalue weighted by molar-refractivity contribution is -0.137. The van der Waals surface area contributed by atoms with Gasteiger partial charge in [-0.3, -0.25) is 14.5 Å². The number of halogens is 3. The second-order valence-corrected chi connectivity index (χ2v) is 10.0. The average Bonchev–Trinajstić information content (AvgIpc) is 2.96. The number of likely N-dealkylation sites (N-methyl/N-ethyl adjacent to an activating group) is 1. The van der Waals surface area contributed by atoms with E-state index in [0.29, 0.717) is 19.3 Å². The maximum atomic E-state index is 13.1. The molecule has 220 valence electrons. The van der Waals surface area contributed by atoms with Crippen LogP contribution in [0.3, 0.4) is 0 Å². The molecule has 1 unspecified atom stereocenters. The number of alkyl halides is 3. The number of carbonyl (C=O) groups excluding carboxylic acids is 2. The fourth-order valence-electron chi connectivity index (χ4n) is 4.50. The summed E-state index contributed by atoms with van der Waals surface area (Å²) >= 11 is 0. The predicted octanol–water partition coefficient (Wildman–Crippen LogP) is 5.65. The first-order chi connectivity index (χ1) is 19.7. The molecular formula is C32H39F3N4O2. The zero-order valence-electron chi connectivity index (χ0n) is 23.4. The molecular weight excluding hydrogens is 529 g/mol. The minimum atomic E-state index is -4.52. The number of carbonyl (C=O) groups is 2. The van der Waals surface area contributed by atoms with Crippen molar-refractivity contribution in [2.24, 2.45) is 0 Å². The van der Waals surface area contributed by atoms with Crippen molar-refractivity contribution in [1.29, 1.82) is 0 Å². The Morgan fingerprint density at radius 2 is 1.54 bits per heavy atom. The normalized spacial score (nSPS) is 12.2. The van der Waals surface area contributed by atoms with Gasteiger partial charge in [-0.15, -0.1) is 0 Å². The largest absolute Gasteiger partial charge is 0.416 e. The highest BCUT2D eigenvalue weighted by Gasteiger charge is 2.31. The lowest BCUT2D eigenvalue weighted by Crippen LogP contribution is -2.44. The van der Waals surface area contributed by atoms with Crippen LogP contribution in [0.5, 0.6) is 0 Å². The summed E-state index contributed by atoms with van der Waals surface area (Å²) in [5.41, 5.74) is 1.41. The number of amides is 2. The van der Waals surface area contributed by atoms with Crippen molar-refractivity contribution in [3.05, 3.63) is 102 Å². The van der Waals surface area contributed by atoms with Gasteiger partial charge in [0.25, 0.3) is 0 Å². The van der Waals surface area contributed by atoms with Crippen molar-refractivity contribution in [2.45, 2.75) is 50.9 Å². The molecule has 9 heteroatoms. The smallest absolute Gasteiger partial charge is 0.344 e. The first-order valence-corrected chi connectivity index (χ1v) is 14.0. The van der Waals surface area contributed by atoms with Crippen LogP contribution in [-0.2, 0) is 28.7 Å². The van der Waals surface area contributed by atoms with Crippen LogP contribution in [0.1, 0.15) is 42.4 Å². The summed E-state index contributed by atoms with van der Waals surface area (Å²) in [6, 6.07) is 23.4. The van der Waals surface area contributed by atoms with Gasteiger partial charge in [-0.2, -0.15) is 13.2 Å². The van der Waals surface area contributed by atoms with E-state index in [1.54, 1.807) is 0 Å². The topological polar surface area (TPSA) is 73.5 Å². The van der Waals surface area contributed by atoms with Gasteiger partial charge in [0.05, 0.1) is 5.56 Å². The Labute approximate surface area is 240 Å². The van der Waals surface area contributed by atoms with Crippen molar-refractivity contribution in [3.8, 4) is 0 Å². The minimum absolute atomic E-state index is 0.0314. The Hall–Kier alpha value is -3.69. The summed E-state index contributed by atoms with van der Waals surface area (Å²) in [7, 11) is 1.92. The van der Waals surface area contributed by atoms with Crippen LogP contribution in [0.4, 0.5) is 18.9 Å². The fraction of sp³-hybridized carbons (Fsp3) is 0.375. The number of nitrogens with one attached hydrogen (secondary N) is 3. The zero-order chi connectivity index (χ0) is 29.5. The molecule has 0 aliphatic heterocycles. The van der Waals surface area contributed by atoms with E-state index in [2.05, 4.69) is 33.0 Å². The van der Waals surface area contributed by atoms with E-state index in [1.807, 2.05) is 55.6 Å². The number of benzene rings is 3. The highest BCUT2D eigenvalue weighted by atomic mass is 19.4. The standard InChI is InChI=1S/C32H39F3N4O2/c1-36-20-22-39(24-26-13-6-3-7-14-26)21-9-8-17-30(40)38-29(19-18-25-11-4-2-5-12-25)31(41)37-28-16-10-15-27(23-28)32(33,34)35/h2-7,10-16,23,29,36H,8-9,17-22,24H2,1H3,(H,37,41)(H,38,40). The molecule has 0 heterocycles. The predicted molar refractivity (Wildman–Crippen MR) is 156 cm³/mol. The Bertz CT molecular complexity index is 1210. The molecule has 1 atom stereocenters. The molecule has 0 fully saturated rings. The van der Waals surface area contributed by atoms with E-state index in [1.165, 1.54) is 17.7 Å². The van der Waals surface area contributed by atoms with Crippen molar-refractivity contribution >= 4 is 17.5 Å². The van der Waals surface area contributed by atoms with Crippen LogP contribution in [-0.4, -0.2) is 49.4 Å². The molecule has 3 N–H and O–H groups in total. The Morgan fingerprint density at radius 1 is 0.854 bits per heavy atom. The van der Waals surface area contributed by atoms with E-state index in [9.17, 15) is 22.8 Å². The second-order valence-electron chi connectivity index (χ2n) is 10.0. The summed E-state index contributed by atoms with van der Waals surface area (Å²) in [5.74, 6) is -0.804. The summed E-state index contributed by atoms with van der Waals surface area (Å²) in [5, 5.41) is 8.55. The van der Waals surface area contributed by atoms with Crippen LogP contribution in [0.15, 0.2) is 84.9 Å². The fourth-order valence-corrected chi connectivity index (χ4v) is 4.50. The number of hydrogen-bond donors (Lipinski definition) is 3. The highest BCUT2D eigenvalue weighted by molar-refractivity contribution is 5.97. The molecule has 0 aliphatic rings. The van der Waals surface area contributed by atoms with Crippen LogP contribution in [0, 0.1) is 0 Å². The maximum Gasteiger partial charge on any atom is 0.416 e. The van der Waals surface area contributed by atoms with Gasteiger partial charge in [0, 0.05) is 31.7 Å². The van der Waals surface area contributed by atoms with Gasteiger partial charge in [0.15, 0.2) is 0 Å². The van der Waals surface area contributed by atoms with E-state index in [4.69, 9.17) is 0 Å². The van der Waals surface area contributed by atoms with Gasteiger partial charge in [0.2, 0.25) is 11.8 Å². The molecule has 0 spiro atoms. The summed E-state index contributed by atoms with van der Waals surface area (Å²) in [6.07, 6.45) is -1.96. The number of aryl methyl sites for hydroxylation is 1. The van der Waals surface area contributed by atoms with E-state index >= 15 is 0 Å². The average molecular weight is 569 g/mol. The first kappa shape index (κ1) is 31.8. The van der Waals surface area contributed by atoms with Gasteiger partial charge in [-0.05, 0) is 68.6 Å². The third kappa shape index (κ3) is 11.8. The number of unbranched alkanes of at least 4 members (excludes halogenated alkanes) is 1. The van der Waals surface area contributed by atoms with Gasteiger partial charge in [-0.25, -0.2) is 0 Å². The summed E-state index contributed by atoms with van der Waals surface area (Å²) < 4.78 is 39.4. The van der Waals surface area contributed by atoms with Crippen LogP contribution in [0.2, 0.25) is 0 Å². The number of anilines is 1. The highest BCUT2D eigenvalue weighted by Crippen LogP contribution is 2.30. The minimum Gasteiger partial charge on any atom is -0.344 e. The Morgan fingerprint density at radius 3 is 2.20 bits per heavy atom. The third-order valence-corrected chi connectivity index (χ3v) is 6.73. The van der Waals surface area contributed by atoms with E-state index in [0.717, 1.165) is 50.3 Å². The molecule has 0 bridgehead atoms. The van der Waals surface area contributed by atoms with E-state index in [-0.39, 0.29) is 18.0 Å². The molecule has 0 saturated carbocycles. The van der Waals surface area contributed by atoms with Crippen molar-refractivity contribution in [2.75, 3.05) is 32.0 Å². The van der Waals surface area contributed by atoms with Crippen molar-refractivity contribution in [3.63, 3.8) is 0 Å². The third-order valence-electron chi connectivity index (χ3n) is 6.73. The number of hydrogen-bond acceptors (Lipinski definition) is 4. The van der Waals surface area contributed by atoms with Crippen LogP contribution >= 0.6 is 0 Å². The summed E-state index contributed by atoms with van der Waals surface area (Å²) in [4.78, 5) is 28.3. The Kier molecular flexibility index (Phi) is 12.8. The van der Waals surface area contributed by atoms with Crippen molar-refractivity contribution < 1.29 is 22.8 Å². The molecule has 41 heavy (non-hydrogen) atoms. The van der Waals surface area contributed by atoms with Gasteiger partial charge in [0.1, 0.15) is 6.04 Å². The van der Waals surface area contributed by atoms with Gasteiger partial charge in [-0.1, -0.05) is 66.7 Å². The van der Waals surface area contributed by atoms with Crippen LogP contribution in [0.25, 0.3) is 0 Å². The quantitative estimate of drug-likeness (QED) is 0.195. The second kappa shape index (κ2) is 16.5. The van der Waals surface area contributed by atoms with Crippen molar-refractivity contribution in [1.82, 2.24) is 15.5 Å². The van der Waals surface area contributed by atoms with E-state index < -0.39 is 23.7 Å². The Balaban J connectivity index is 1.56. The maximum absolute atomic E-state index is 13.1. The zero-order valence-corrected chi connectivity index (χ0v) is 23.4. The van der Waals surface area contributed by atoms with Crippen LogP contribution < -0.4 is 16.0 Å². The molecule has 6 nitrogen and oxygen atoms in total. The molecule has 0 aliphatic carbocycles. The molecule has 0 saturated heterocycles. The molecule has 0 aromatic heterocycles. The summed E-state index contributed by atoms with van der Waals surface area (Å²) in [6.45, 7) is 3.40. The molecule has 3 aromatic carbocycles. The number of nitrogens with zero attached hydrogens (tertiary/aromatic N) is 1. The molecule has 3 rings (SSSR count). The van der Waals surface area contributed by atoms with Gasteiger partial charge >= 0.3 is 6.18 Å². The molecule has 0 radical (unpaired) electrons. The first-order valence-electron chi connectivity index (χ1n) is 14.0. The lowest BCUT2D eigenvalue weighted by atomic mass is 10.0.